The Kier molecular flexibility index (Phi) is 4.87. The summed E-state index contributed by atoms with van der Waals surface area (Å²) < 4.78 is 5.43. The molecule has 4 nitrogen and oxygen atoms in total. The number of nitrogens with zero attached hydrogens (tertiary/aromatic N) is 2. The molecular weight excluding hydrogens is 214 g/mol. The van der Waals surface area contributed by atoms with Gasteiger partial charge in [-0.2, -0.15) is 0 Å². The lowest BCUT2D eigenvalue weighted by molar-refractivity contribution is 0.0574. The standard InChI is InChI=1S/C13H23N3O/c1-8(2)6-10-7-11(14)16-13(15-10)12(17-5)9(3)4/h7-9,12H,6H2,1-5H3,(H2,14,15,16). The third-order valence-electron chi connectivity index (χ3n) is 2.55. The average molecular weight is 237 g/mol. The maximum Gasteiger partial charge on any atom is 0.159 e. The second kappa shape index (κ2) is 5.96. The Bertz CT molecular complexity index is 364. The first kappa shape index (κ1) is 13.9. The van der Waals surface area contributed by atoms with E-state index in [2.05, 4.69) is 37.7 Å². The summed E-state index contributed by atoms with van der Waals surface area (Å²) in [7, 11) is 1.68. The van der Waals surface area contributed by atoms with Gasteiger partial charge in [0.2, 0.25) is 0 Å². The zero-order valence-electron chi connectivity index (χ0n) is 11.4. The fourth-order valence-corrected chi connectivity index (χ4v) is 1.87. The van der Waals surface area contributed by atoms with Crippen molar-refractivity contribution in [2.75, 3.05) is 12.8 Å². The summed E-state index contributed by atoms with van der Waals surface area (Å²) in [6.07, 6.45) is 0.818. The molecule has 0 amide bonds. The van der Waals surface area contributed by atoms with Gasteiger partial charge in [0, 0.05) is 18.9 Å². The quantitative estimate of drug-likeness (QED) is 0.855. The lowest BCUT2D eigenvalue weighted by Crippen LogP contribution is -2.15. The summed E-state index contributed by atoms with van der Waals surface area (Å²) >= 11 is 0. The van der Waals surface area contributed by atoms with Crippen molar-refractivity contribution >= 4 is 5.82 Å². The van der Waals surface area contributed by atoms with Gasteiger partial charge in [-0.1, -0.05) is 27.7 Å². The maximum atomic E-state index is 5.82. The van der Waals surface area contributed by atoms with Crippen LogP contribution in [0, 0.1) is 11.8 Å². The molecular formula is C13H23N3O. The summed E-state index contributed by atoms with van der Waals surface area (Å²) in [4.78, 5) is 8.83. The van der Waals surface area contributed by atoms with Crippen LogP contribution in [0.4, 0.5) is 5.82 Å². The van der Waals surface area contributed by atoms with Gasteiger partial charge < -0.3 is 10.5 Å². The smallest absolute Gasteiger partial charge is 0.159 e. The largest absolute Gasteiger partial charge is 0.384 e. The average Bonchev–Trinajstić information content (AvgIpc) is 2.15. The second-order valence-corrected chi connectivity index (χ2v) is 5.14. The highest BCUT2D eigenvalue weighted by molar-refractivity contribution is 5.30. The van der Waals surface area contributed by atoms with Crippen LogP contribution in [0.2, 0.25) is 0 Å². The van der Waals surface area contributed by atoms with Crippen LogP contribution >= 0.6 is 0 Å². The molecule has 1 heterocycles. The Morgan fingerprint density at radius 3 is 2.35 bits per heavy atom. The van der Waals surface area contributed by atoms with E-state index in [-0.39, 0.29) is 6.10 Å². The van der Waals surface area contributed by atoms with Crippen LogP contribution in [0.5, 0.6) is 0 Å². The van der Waals surface area contributed by atoms with Crippen molar-refractivity contribution in [1.29, 1.82) is 0 Å². The third kappa shape index (κ3) is 3.97. The van der Waals surface area contributed by atoms with Crippen LogP contribution in [0.15, 0.2) is 6.07 Å². The van der Waals surface area contributed by atoms with Gasteiger partial charge in [0.15, 0.2) is 5.82 Å². The molecule has 1 rings (SSSR count). The monoisotopic (exact) mass is 237 g/mol. The van der Waals surface area contributed by atoms with E-state index in [4.69, 9.17) is 10.5 Å². The molecule has 1 aromatic rings. The first-order valence-electron chi connectivity index (χ1n) is 6.10. The van der Waals surface area contributed by atoms with Crippen LogP contribution in [0.1, 0.15) is 45.3 Å². The lowest BCUT2D eigenvalue weighted by atomic mass is 10.1. The number of anilines is 1. The predicted octanol–water partition coefficient (Wildman–Crippen LogP) is 2.60. The summed E-state index contributed by atoms with van der Waals surface area (Å²) in [5.74, 6) is 2.09. The minimum atomic E-state index is -0.0931. The van der Waals surface area contributed by atoms with Gasteiger partial charge in [0.05, 0.1) is 0 Å². The van der Waals surface area contributed by atoms with Crippen LogP contribution < -0.4 is 5.73 Å². The molecule has 17 heavy (non-hydrogen) atoms. The molecule has 2 N–H and O–H groups in total. The molecule has 1 aromatic heterocycles. The van der Waals surface area contributed by atoms with E-state index < -0.39 is 0 Å². The van der Waals surface area contributed by atoms with E-state index >= 15 is 0 Å². The number of methoxy groups -OCH3 is 1. The summed E-state index contributed by atoms with van der Waals surface area (Å²) in [6, 6.07) is 1.84. The van der Waals surface area contributed by atoms with Crippen LogP contribution in [0.3, 0.4) is 0 Å². The van der Waals surface area contributed by atoms with E-state index in [9.17, 15) is 0 Å². The highest BCUT2D eigenvalue weighted by Crippen LogP contribution is 2.23. The lowest BCUT2D eigenvalue weighted by Gasteiger charge is -2.18. The normalized spacial score (nSPS) is 13.4. The van der Waals surface area contributed by atoms with E-state index in [0.29, 0.717) is 23.5 Å². The highest BCUT2D eigenvalue weighted by atomic mass is 16.5. The molecule has 0 aliphatic heterocycles. The van der Waals surface area contributed by atoms with E-state index in [1.807, 2.05) is 6.07 Å². The van der Waals surface area contributed by atoms with Crippen LogP contribution in [-0.4, -0.2) is 17.1 Å². The third-order valence-corrected chi connectivity index (χ3v) is 2.55. The van der Waals surface area contributed by atoms with Gasteiger partial charge in [0.25, 0.3) is 0 Å². The zero-order chi connectivity index (χ0) is 13.0. The summed E-state index contributed by atoms with van der Waals surface area (Å²) in [6.45, 7) is 8.49. The number of rotatable bonds is 5. The molecule has 4 heteroatoms. The maximum absolute atomic E-state index is 5.82. The minimum absolute atomic E-state index is 0.0931. The SMILES string of the molecule is COC(c1nc(N)cc(CC(C)C)n1)C(C)C. The van der Waals surface area contributed by atoms with Gasteiger partial charge in [-0.25, -0.2) is 9.97 Å². The first-order valence-corrected chi connectivity index (χ1v) is 6.10. The fourth-order valence-electron chi connectivity index (χ4n) is 1.87. The van der Waals surface area contributed by atoms with E-state index in [1.54, 1.807) is 7.11 Å². The van der Waals surface area contributed by atoms with Crippen molar-refractivity contribution < 1.29 is 4.74 Å². The molecule has 0 aliphatic carbocycles. The molecule has 0 saturated heterocycles. The molecule has 0 radical (unpaired) electrons. The Morgan fingerprint density at radius 1 is 1.24 bits per heavy atom. The molecule has 0 aromatic carbocycles. The number of ether oxygens (including phenoxy) is 1. The van der Waals surface area contributed by atoms with Gasteiger partial charge in [-0.3, -0.25) is 0 Å². The molecule has 0 saturated carbocycles. The van der Waals surface area contributed by atoms with Crippen molar-refractivity contribution in [1.82, 2.24) is 9.97 Å². The van der Waals surface area contributed by atoms with Gasteiger partial charge in [-0.05, 0) is 18.3 Å². The van der Waals surface area contributed by atoms with Gasteiger partial charge >= 0.3 is 0 Å². The molecule has 0 fully saturated rings. The van der Waals surface area contributed by atoms with Crippen molar-refractivity contribution in [3.05, 3.63) is 17.6 Å². The number of aromatic nitrogens is 2. The number of hydrogen-bond acceptors (Lipinski definition) is 4. The molecule has 0 aliphatic rings. The van der Waals surface area contributed by atoms with Gasteiger partial charge in [-0.15, -0.1) is 0 Å². The zero-order valence-corrected chi connectivity index (χ0v) is 11.4. The Hall–Kier alpha value is -1.16. The number of hydrogen-bond donors (Lipinski definition) is 1. The van der Waals surface area contributed by atoms with E-state index in [0.717, 1.165) is 12.1 Å². The Morgan fingerprint density at radius 2 is 1.88 bits per heavy atom. The van der Waals surface area contributed by atoms with Crippen LogP contribution in [0.25, 0.3) is 0 Å². The predicted molar refractivity (Wildman–Crippen MR) is 69.6 cm³/mol. The molecule has 96 valence electrons. The first-order chi connectivity index (χ1) is 7.93. The Labute approximate surface area is 104 Å². The molecule has 0 spiro atoms. The molecule has 1 unspecified atom stereocenters. The van der Waals surface area contributed by atoms with Crippen molar-refractivity contribution in [3.63, 3.8) is 0 Å². The highest BCUT2D eigenvalue weighted by Gasteiger charge is 2.19. The molecule has 0 bridgehead atoms. The van der Waals surface area contributed by atoms with Gasteiger partial charge in [0.1, 0.15) is 11.9 Å². The van der Waals surface area contributed by atoms with Crippen molar-refractivity contribution in [3.8, 4) is 0 Å². The van der Waals surface area contributed by atoms with Crippen molar-refractivity contribution in [2.24, 2.45) is 11.8 Å². The van der Waals surface area contributed by atoms with Crippen molar-refractivity contribution in [2.45, 2.75) is 40.2 Å². The summed E-state index contributed by atoms with van der Waals surface area (Å²) in [5, 5.41) is 0. The second-order valence-electron chi connectivity index (χ2n) is 5.14. The topological polar surface area (TPSA) is 61.0 Å². The summed E-state index contributed by atoms with van der Waals surface area (Å²) in [5.41, 5.74) is 6.81. The van der Waals surface area contributed by atoms with Crippen LogP contribution in [-0.2, 0) is 11.2 Å². The number of nitrogen functional groups attached to an aromatic ring is 1. The van der Waals surface area contributed by atoms with E-state index in [1.165, 1.54) is 0 Å². The molecule has 1 atom stereocenters. The Balaban J connectivity index is 3.03. The minimum Gasteiger partial charge on any atom is -0.384 e. The fraction of sp³-hybridized carbons (Fsp3) is 0.692. The number of nitrogens with two attached hydrogens (primary N) is 1.